The molecule has 2 rings (SSSR count). The second kappa shape index (κ2) is 6.33. The van der Waals surface area contributed by atoms with Crippen molar-refractivity contribution in [3.63, 3.8) is 0 Å². The maximum atomic E-state index is 4.46. The van der Waals surface area contributed by atoms with Crippen LogP contribution >= 0.6 is 0 Å². The van der Waals surface area contributed by atoms with Gasteiger partial charge in [-0.05, 0) is 38.6 Å². The van der Waals surface area contributed by atoms with Crippen molar-refractivity contribution in [3.05, 3.63) is 18.1 Å². The van der Waals surface area contributed by atoms with Gasteiger partial charge in [0.15, 0.2) is 0 Å². The Hall–Kier alpha value is -1.16. The van der Waals surface area contributed by atoms with Gasteiger partial charge in [-0.1, -0.05) is 13.8 Å². The van der Waals surface area contributed by atoms with Crippen molar-refractivity contribution >= 4 is 5.82 Å². The van der Waals surface area contributed by atoms with Gasteiger partial charge in [0.1, 0.15) is 12.1 Å². The van der Waals surface area contributed by atoms with Crippen LogP contribution in [-0.2, 0) is 0 Å². The third kappa shape index (κ3) is 3.44. The zero-order chi connectivity index (χ0) is 13.8. The van der Waals surface area contributed by atoms with E-state index in [1.165, 1.54) is 12.8 Å². The molecule has 106 valence electrons. The van der Waals surface area contributed by atoms with Gasteiger partial charge in [-0.15, -0.1) is 0 Å². The first-order valence-corrected chi connectivity index (χ1v) is 7.36. The summed E-state index contributed by atoms with van der Waals surface area (Å²) in [6, 6.07) is 2.71. The summed E-state index contributed by atoms with van der Waals surface area (Å²) in [4.78, 5) is 11.2. The summed E-state index contributed by atoms with van der Waals surface area (Å²) in [7, 11) is 2.05. The number of anilines is 1. The lowest BCUT2D eigenvalue weighted by Gasteiger charge is -2.36. The average molecular weight is 262 g/mol. The fraction of sp³-hybridized carbons (Fsp3) is 0.733. The van der Waals surface area contributed by atoms with E-state index in [4.69, 9.17) is 0 Å². The number of rotatable bonds is 4. The third-order valence-electron chi connectivity index (χ3n) is 4.21. The molecule has 2 atom stereocenters. The minimum atomic E-state index is 0.457. The normalized spacial score (nSPS) is 21.7. The van der Waals surface area contributed by atoms with E-state index in [-0.39, 0.29) is 0 Å². The zero-order valence-electron chi connectivity index (χ0n) is 12.6. The Morgan fingerprint density at radius 3 is 2.79 bits per heavy atom. The van der Waals surface area contributed by atoms with E-state index in [9.17, 15) is 0 Å². The zero-order valence-corrected chi connectivity index (χ0v) is 12.6. The summed E-state index contributed by atoms with van der Waals surface area (Å²) >= 11 is 0. The van der Waals surface area contributed by atoms with E-state index >= 15 is 0 Å². The van der Waals surface area contributed by atoms with Crippen molar-refractivity contribution in [1.82, 2.24) is 15.3 Å². The van der Waals surface area contributed by atoms with E-state index in [2.05, 4.69) is 47.0 Å². The van der Waals surface area contributed by atoms with Crippen LogP contribution in [0.15, 0.2) is 12.4 Å². The molecule has 0 bridgehead atoms. The van der Waals surface area contributed by atoms with Crippen molar-refractivity contribution < 1.29 is 0 Å². The molecule has 19 heavy (non-hydrogen) atoms. The lowest BCUT2D eigenvalue weighted by molar-refractivity contribution is 0.332. The smallest absolute Gasteiger partial charge is 0.132 e. The molecule has 4 nitrogen and oxygen atoms in total. The maximum Gasteiger partial charge on any atom is 0.132 e. The number of hydrogen-bond acceptors (Lipinski definition) is 4. The summed E-state index contributed by atoms with van der Waals surface area (Å²) < 4.78 is 0. The fourth-order valence-electron chi connectivity index (χ4n) is 2.71. The quantitative estimate of drug-likeness (QED) is 0.905. The molecule has 2 unspecified atom stereocenters. The molecule has 0 spiro atoms. The van der Waals surface area contributed by atoms with Crippen LogP contribution < -0.4 is 10.2 Å². The largest absolute Gasteiger partial charge is 0.356 e. The standard InChI is InChI=1S/C15H26N4/c1-11(2)14-8-15(18-10-17-14)19-7-5-6-13(9-19)12(3)16-4/h8,10-13,16H,5-7,9H2,1-4H3. The highest BCUT2D eigenvalue weighted by Crippen LogP contribution is 2.25. The average Bonchev–Trinajstić information content (AvgIpc) is 2.46. The van der Waals surface area contributed by atoms with Crippen molar-refractivity contribution in [2.75, 3.05) is 25.0 Å². The topological polar surface area (TPSA) is 41.0 Å². The highest BCUT2D eigenvalue weighted by molar-refractivity contribution is 5.40. The molecular weight excluding hydrogens is 236 g/mol. The van der Waals surface area contributed by atoms with Gasteiger partial charge in [0, 0.05) is 30.9 Å². The maximum absolute atomic E-state index is 4.46. The number of piperidine rings is 1. The van der Waals surface area contributed by atoms with Crippen molar-refractivity contribution in [1.29, 1.82) is 0 Å². The predicted molar refractivity (Wildman–Crippen MR) is 79.6 cm³/mol. The van der Waals surface area contributed by atoms with Crippen LogP contribution in [0.5, 0.6) is 0 Å². The van der Waals surface area contributed by atoms with Gasteiger partial charge in [0.2, 0.25) is 0 Å². The Morgan fingerprint density at radius 1 is 1.32 bits per heavy atom. The Morgan fingerprint density at radius 2 is 2.11 bits per heavy atom. The molecular formula is C15H26N4. The fourth-order valence-corrected chi connectivity index (χ4v) is 2.71. The van der Waals surface area contributed by atoms with E-state index in [0.717, 1.165) is 24.6 Å². The molecule has 1 aliphatic heterocycles. The molecule has 2 heterocycles. The molecule has 0 aliphatic carbocycles. The molecule has 1 aromatic heterocycles. The van der Waals surface area contributed by atoms with Crippen LogP contribution in [-0.4, -0.2) is 36.1 Å². The minimum Gasteiger partial charge on any atom is -0.356 e. The van der Waals surface area contributed by atoms with Gasteiger partial charge in [0.05, 0.1) is 0 Å². The summed E-state index contributed by atoms with van der Waals surface area (Å²) in [6.07, 6.45) is 4.26. The number of nitrogens with zero attached hydrogens (tertiary/aromatic N) is 3. The van der Waals surface area contributed by atoms with Crippen LogP contribution in [0.3, 0.4) is 0 Å². The highest BCUT2D eigenvalue weighted by Gasteiger charge is 2.24. The van der Waals surface area contributed by atoms with Gasteiger partial charge >= 0.3 is 0 Å². The van der Waals surface area contributed by atoms with Gasteiger partial charge < -0.3 is 10.2 Å². The minimum absolute atomic E-state index is 0.457. The molecule has 0 aromatic carbocycles. The second-order valence-corrected chi connectivity index (χ2v) is 5.88. The molecule has 1 aromatic rings. The van der Waals surface area contributed by atoms with E-state index in [1.807, 2.05) is 7.05 Å². The third-order valence-corrected chi connectivity index (χ3v) is 4.21. The molecule has 1 aliphatic rings. The summed E-state index contributed by atoms with van der Waals surface area (Å²) in [5, 5.41) is 3.38. The number of nitrogens with one attached hydrogen (secondary N) is 1. The monoisotopic (exact) mass is 262 g/mol. The van der Waals surface area contributed by atoms with Crippen LogP contribution in [0.2, 0.25) is 0 Å². The van der Waals surface area contributed by atoms with Gasteiger partial charge in [0.25, 0.3) is 0 Å². The first kappa shape index (κ1) is 14.3. The Balaban J connectivity index is 2.10. The highest BCUT2D eigenvalue weighted by atomic mass is 15.2. The van der Waals surface area contributed by atoms with E-state index < -0.39 is 0 Å². The summed E-state index contributed by atoms with van der Waals surface area (Å²) in [6.45, 7) is 8.83. The number of aromatic nitrogens is 2. The van der Waals surface area contributed by atoms with E-state index in [1.54, 1.807) is 6.33 Å². The number of hydrogen-bond donors (Lipinski definition) is 1. The first-order chi connectivity index (χ1) is 9.11. The summed E-state index contributed by atoms with van der Waals surface area (Å²) in [5.41, 5.74) is 1.13. The van der Waals surface area contributed by atoms with Crippen LogP contribution in [0.4, 0.5) is 5.82 Å². The lowest BCUT2D eigenvalue weighted by atomic mass is 9.91. The SMILES string of the molecule is CNC(C)C1CCCN(c2cc(C(C)C)ncn2)C1. The summed E-state index contributed by atoms with van der Waals surface area (Å²) in [5.74, 6) is 2.25. The molecule has 0 amide bonds. The van der Waals surface area contributed by atoms with Gasteiger partial charge in [-0.2, -0.15) is 0 Å². The molecule has 1 saturated heterocycles. The van der Waals surface area contributed by atoms with Crippen LogP contribution in [0.1, 0.15) is 45.2 Å². The molecule has 0 saturated carbocycles. The second-order valence-electron chi connectivity index (χ2n) is 5.88. The molecule has 1 fully saturated rings. The Kier molecular flexibility index (Phi) is 4.75. The first-order valence-electron chi connectivity index (χ1n) is 7.36. The van der Waals surface area contributed by atoms with Crippen molar-refractivity contribution in [2.24, 2.45) is 5.92 Å². The predicted octanol–water partition coefficient (Wildman–Crippen LogP) is 2.42. The molecule has 4 heteroatoms. The van der Waals surface area contributed by atoms with Crippen LogP contribution in [0.25, 0.3) is 0 Å². The van der Waals surface area contributed by atoms with Crippen LogP contribution in [0, 0.1) is 5.92 Å². The Bertz CT molecular complexity index is 405. The van der Waals surface area contributed by atoms with Gasteiger partial charge in [-0.3, -0.25) is 0 Å². The lowest BCUT2D eigenvalue weighted by Crippen LogP contribution is -2.43. The molecule has 1 N–H and O–H groups in total. The van der Waals surface area contributed by atoms with Gasteiger partial charge in [-0.25, -0.2) is 9.97 Å². The molecule has 0 radical (unpaired) electrons. The van der Waals surface area contributed by atoms with Crippen molar-refractivity contribution in [3.8, 4) is 0 Å². The van der Waals surface area contributed by atoms with Crippen molar-refractivity contribution in [2.45, 2.75) is 45.6 Å². The van der Waals surface area contributed by atoms with E-state index in [0.29, 0.717) is 17.9 Å². The Labute approximate surface area is 116 Å².